The molecular formula is C15H16N2O2. The first-order valence-electron chi connectivity index (χ1n) is 6.37. The van der Waals surface area contributed by atoms with Crippen molar-refractivity contribution in [2.24, 2.45) is 0 Å². The highest BCUT2D eigenvalue weighted by atomic mass is 16.2. The Morgan fingerprint density at radius 1 is 1.32 bits per heavy atom. The Balaban J connectivity index is 2.20. The van der Waals surface area contributed by atoms with Crippen molar-refractivity contribution in [2.75, 3.05) is 6.54 Å². The van der Waals surface area contributed by atoms with Crippen molar-refractivity contribution in [3.8, 4) is 6.07 Å². The van der Waals surface area contributed by atoms with Crippen LogP contribution in [0.2, 0.25) is 0 Å². The molecule has 98 valence electrons. The maximum absolute atomic E-state index is 12.5. The lowest BCUT2D eigenvalue weighted by Gasteiger charge is -2.22. The van der Waals surface area contributed by atoms with Gasteiger partial charge in [-0.2, -0.15) is 5.26 Å². The Hall–Kier alpha value is -2.15. The second-order valence-corrected chi connectivity index (χ2v) is 4.99. The normalized spacial score (nSPS) is 22.6. The standard InChI is InChI=1S/C15H16N2O2/c1-15(12-7-3-2-4-8-12)11-13(18)17(14(15)19)10-6-5-9-16/h2-4,7-8H,5-6,10-11H2,1H3. The van der Waals surface area contributed by atoms with Crippen LogP contribution in [0.1, 0.15) is 31.7 Å². The van der Waals surface area contributed by atoms with Crippen molar-refractivity contribution >= 4 is 11.8 Å². The first kappa shape index (κ1) is 13.3. The lowest BCUT2D eigenvalue weighted by atomic mass is 9.81. The largest absolute Gasteiger partial charge is 0.282 e. The summed E-state index contributed by atoms with van der Waals surface area (Å²) in [5.41, 5.74) is 0.112. The molecule has 4 heteroatoms. The van der Waals surface area contributed by atoms with Crippen LogP contribution in [0.3, 0.4) is 0 Å². The predicted octanol–water partition coefficient (Wildman–Crippen LogP) is 2.01. The highest BCUT2D eigenvalue weighted by Gasteiger charge is 2.48. The van der Waals surface area contributed by atoms with E-state index in [1.54, 1.807) is 0 Å². The molecular weight excluding hydrogens is 240 g/mol. The van der Waals surface area contributed by atoms with Gasteiger partial charge in [-0.3, -0.25) is 14.5 Å². The van der Waals surface area contributed by atoms with Gasteiger partial charge in [0.15, 0.2) is 0 Å². The third kappa shape index (κ3) is 2.37. The highest BCUT2D eigenvalue weighted by Crippen LogP contribution is 2.36. The van der Waals surface area contributed by atoms with Gasteiger partial charge in [-0.05, 0) is 18.9 Å². The maximum atomic E-state index is 12.5. The molecule has 0 bridgehead atoms. The summed E-state index contributed by atoms with van der Waals surface area (Å²) in [4.78, 5) is 25.7. The Bertz CT molecular complexity index is 533. The molecule has 19 heavy (non-hydrogen) atoms. The highest BCUT2D eigenvalue weighted by molar-refractivity contribution is 6.08. The second-order valence-electron chi connectivity index (χ2n) is 4.99. The summed E-state index contributed by atoms with van der Waals surface area (Å²) >= 11 is 0. The van der Waals surface area contributed by atoms with E-state index in [0.29, 0.717) is 19.4 Å². The molecule has 2 rings (SSSR count). The fraction of sp³-hybridized carbons (Fsp3) is 0.400. The summed E-state index contributed by atoms with van der Waals surface area (Å²) in [5, 5.41) is 8.51. The number of amides is 2. The Morgan fingerprint density at radius 2 is 2.00 bits per heavy atom. The second kappa shape index (κ2) is 5.23. The fourth-order valence-electron chi connectivity index (χ4n) is 2.46. The summed E-state index contributed by atoms with van der Waals surface area (Å²) in [6, 6.07) is 11.4. The topological polar surface area (TPSA) is 61.2 Å². The van der Waals surface area contributed by atoms with Crippen molar-refractivity contribution in [3.63, 3.8) is 0 Å². The summed E-state index contributed by atoms with van der Waals surface area (Å²) < 4.78 is 0. The van der Waals surface area contributed by atoms with Gasteiger partial charge in [0.1, 0.15) is 0 Å². The lowest BCUT2D eigenvalue weighted by molar-refractivity contribution is -0.139. The molecule has 1 aliphatic rings. The van der Waals surface area contributed by atoms with Gasteiger partial charge in [0.25, 0.3) is 0 Å². The number of nitriles is 1. The van der Waals surface area contributed by atoms with Crippen LogP contribution in [0, 0.1) is 11.3 Å². The third-order valence-electron chi connectivity index (χ3n) is 3.60. The summed E-state index contributed by atoms with van der Waals surface area (Å²) in [5.74, 6) is -0.295. The third-order valence-corrected chi connectivity index (χ3v) is 3.60. The molecule has 1 aromatic rings. The zero-order chi connectivity index (χ0) is 13.9. The van der Waals surface area contributed by atoms with E-state index in [1.165, 1.54) is 4.90 Å². The summed E-state index contributed by atoms with van der Waals surface area (Å²) in [6.45, 7) is 2.15. The van der Waals surface area contributed by atoms with E-state index in [4.69, 9.17) is 5.26 Å². The first-order valence-corrected chi connectivity index (χ1v) is 6.37. The number of nitrogens with zero attached hydrogens (tertiary/aromatic N) is 2. The van der Waals surface area contributed by atoms with E-state index in [1.807, 2.05) is 43.3 Å². The number of likely N-dealkylation sites (tertiary alicyclic amines) is 1. The van der Waals surface area contributed by atoms with Crippen molar-refractivity contribution < 1.29 is 9.59 Å². The number of carbonyl (C=O) groups is 2. The minimum Gasteiger partial charge on any atom is -0.282 e. The van der Waals surface area contributed by atoms with E-state index >= 15 is 0 Å². The molecule has 0 saturated carbocycles. The molecule has 0 N–H and O–H groups in total. The van der Waals surface area contributed by atoms with Crippen LogP contribution >= 0.6 is 0 Å². The molecule has 1 fully saturated rings. The molecule has 0 radical (unpaired) electrons. The van der Waals surface area contributed by atoms with E-state index < -0.39 is 5.41 Å². The van der Waals surface area contributed by atoms with Gasteiger partial charge in [-0.1, -0.05) is 30.3 Å². The van der Waals surface area contributed by atoms with Crippen molar-refractivity contribution in [3.05, 3.63) is 35.9 Å². The van der Waals surface area contributed by atoms with Crippen LogP contribution in [0.25, 0.3) is 0 Å². The first-order chi connectivity index (χ1) is 9.09. The van der Waals surface area contributed by atoms with Crippen molar-refractivity contribution in [1.29, 1.82) is 5.26 Å². The summed E-state index contributed by atoms with van der Waals surface area (Å²) in [7, 11) is 0. The Morgan fingerprint density at radius 3 is 2.63 bits per heavy atom. The lowest BCUT2D eigenvalue weighted by Crippen LogP contribution is -2.37. The molecule has 1 unspecified atom stereocenters. The maximum Gasteiger partial charge on any atom is 0.240 e. The number of rotatable bonds is 4. The monoisotopic (exact) mass is 256 g/mol. The van der Waals surface area contributed by atoms with Crippen molar-refractivity contribution in [2.45, 2.75) is 31.6 Å². The molecule has 4 nitrogen and oxygen atoms in total. The quantitative estimate of drug-likeness (QED) is 0.611. The van der Waals surface area contributed by atoms with Crippen LogP contribution in [0.4, 0.5) is 0 Å². The predicted molar refractivity (Wildman–Crippen MR) is 70.0 cm³/mol. The van der Waals surface area contributed by atoms with Gasteiger partial charge in [-0.15, -0.1) is 0 Å². The number of hydrogen-bond donors (Lipinski definition) is 0. The number of unbranched alkanes of at least 4 members (excludes halogenated alkanes) is 1. The average Bonchev–Trinajstić information content (AvgIpc) is 2.64. The molecule has 0 aromatic heterocycles. The van der Waals surface area contributed by atoms with Crippen LogP contribution in [-0.4, -0.2) is 23.3 Å². The molecule has 1 atom stereocenters. The zero-order valence-electron chi connectivity index (χ0n) is 10.9. The smallest absolute Gasteiger partial charge is 0.240 e. The minimum atomic E-state index is -0.759. The number of benzene rings is 1. The summed E-state index contributed by atoms with van der Waals surface area (Å²) in [6.07, 6.45) is 1.11. The Labute approximate surface area is 112 Å². The average molecular weight is 256 g/mol. The van der Waals surface area contributed by atoms with Crippen LogP contribution < -0.4 is 0 Å². The Kier molecular flexibility index (Phi) is 3.66. The van der Waals surface area contributed by atoms with E-state index in [9.17, 15) is 9.59 Å². The van der Waals surface area contributed by atoms with Crippen LogP contribution in [0.5, 0.6) is 0 Å². The molecule has 0 spiro atoms. The molecule has 1 saturated heterocycles. The van der Waals surface area contributed by atoms with Crippen LogP contribution in [0.15, 0.2) is 30.3 Å². The van der Waals surface area contributed by atoms with Crippen LogP contribution in [-0.2, 0) is 15.0 Å². The molecule has 1 aromatic carbocycles. The molecule has 1 heterocycles. The molecule has 0 aliphatic carbocycles. The number of carbonyl (C=O) groups excluding carboxylic acids is 2. The van der Waals surface area contributed by atoms with E-state index in [2.05, 4.69) is 0 Å². The van der Waals surface area contributed by atoms with Crippen molar-refractivity contribution in [1.82, 2.24) is 4.90 Å². The van der Waals surface area contributed by atoms with Gasteiger partial charge in [0, 0.05) is 19.4 Å². The minimum absolute atomic E-state index is 0.144. The van der Waals surface area contributed by atoms with Gasteiger partial charge < -0.3 is 0 Å². The van der Waals surface area contributed by atoms with Gasteiger partial charge in [0.2, 0.25) is 11.8 Å². The number of hydrogen-bond acceptors (Lipinski definition) is 3. The fourth-order valence-corrected chi connectivity index (χ4v) is 2.46. The van der Waals surface area contributed by atoms with Gasteiger partial charge in [-0.25, -0.2) is 0 Å². The SMILES string of the molecule is CC1(c2ccccc2)CC(=O)N(CCCC#N)C1=O. The molecule has 1 aliphatic heterocycles. The zero-order valence-corrected chi connectivity index (χ0v) is 10.9. The van der Waals surface area contributed by atoms with Gasteiger partial charge >= 0.3 is 0 Å². The van der Waals surface area contributed by atoms with E-state index in [-0.39, 0.29) is 18.2 Å². The van der Waals surface area contributed by atoms with Gasteiger partial charge in [0.05, 0.1) is 11.5 Å². The number of imide groups is 1. The van der Waals surface area contributed by atoms with E-state index in [0.717, 1.165) is 5.56 Å². The molecule has 2 amide bonds.